The van der Waals surface area contributed by atoms with Crippen LogP contribution in [0.25, 0.3) is 0 Å². The molecule has 2 amide bonds. The summed E-state index contributed by atoms with van der Waals surface area (Å²) in [5.41, 5.74) is 0.682. The van der Waals surface area contributed by atoms with Crippen molar-refractivity contribution in [2.45, 2.75) is 11.8 Å². The maximum atomic E-state index is 12.0. The Hall–Kier alpha value is -3.40. The molecule has 29 heavy (non-hydrogen) atoms. The summed E-state index contributed by atoms with van der Waals surface area (Å²) < 4.78 is 4.89. The van der Waals surface area contributed by atoms with Gasteiger partial charge in [0.15, 0.2) is 6.61 Å². The van der Waals surface area contributed by atoms with Crippen molar-refractivity contribution in [1.29, 1.82) is 0 Å². The minimum atomic E-state index is -0.681. The van der Waals surface area contributed by atoms with Crippen LogP contribution in [-0.4, -0.2) is 41.6 Å². The number of nitro groups is 1. The van der Waals surface area contributed by atoms with E-state index in [0.717, 1.165) is 11.8 Å². The van der Waals surface area contributed by atoms with E-state index in [9.17, 15) is 24.5 Å². The molecule has 2 rings (SSSR count). The van der Waals surface area contributed by atoms with Crippen molar-refractivity contribution in [3.8, 4) is 0 Å². The van der Waals surface area contributed by atoms with Gasteiger partial charge in [-0.15, -0.1) is 11.8 Å². The molecule has 152 valence electrons. The van der Waals surface area contributed by atoms with Crippen molar-refractivity contribution < 1.29 is 24.0 Å². The standard InChI is InChI=1S/C19H19N3O6S/c1-2-20-19(25)13-6-5-7-14(10-13)21-17(23)11-28-18(24)12-29-16-9-4-3-8-15(16)22(26)27/h3-10H,2,11-12H2,1H3,(H,20,25)(H,21,23). The van der Waals surface area contributed by atoms with Gasteiger partial charge in [0.25, 0.3) is 17.5 Å². The van der Waals surface area contributed by atoms with Crippen molar-refractivity contribution in [3.63, 3.8) is 0 Å². The first-order chi connectivity index (χ1) is 13.9. The maximum absolute atomic E-state index is 12.0. The summed E-state index contributed by atoms with van der Waals surface area (Å²) in [6.45, 7) is 1.77. The monoisotopic (exact) mass is 417 g/mol. The molecule has 0 heterocycles. The lowest BCUT2D eigenvalue weighted by Gasteiger charge is -2.08. The first kappa shape index (κ1) is 21.9. The predicted molar refractivity (Wildman–Crippen MR) is 108 cm³/mol. The van der Waals surface area contributed by atoms with E-state index in [1.807, 2.05) is 0 Å². The number of carbonyl (C=O) groups excluding carboxylic acids is 3. The first-order valence-corrected chi connectivity index (χ1v) is 9.59. The number of ether oxygens (including phenoxy) is 1. The zero-order chi connectivity index (χ0) is 21.2. The number of carbonyl (C=O) groups is 3. The van der Waals surface area contributed by atoms with Gasteiger partial charge in [-0.2, -0.15) is 0 Å². The number of para-hydroxylation sites is 1. The van der Waals surface area contributed by atoms with Crippen LogP contribution in [0.4, 0.5) is 11.4 Å². The van der Waals surface area contributed by atoms with Crippen LogP contribution < -0.4 is 10.6 Å². The number of thioether (sulfide) groups is 1. The van der Waals surface area contributed by atoms with Gasteiger partial charge in [0.2, 0.25) is 0 Å². The number of hydrogen-bond donors (Lipinski definition) is 2. The molecule has 2 aromatic carbocycles. The number of esters is 1. The molecule has 0 saturated heterocycles. The van der Waals surface area contributed by atoms with E-state index >= 15 is 0 Å². The fourth-order valence-corrected chi connectivity index (χ4v) is 3.07. The van der Waals surface area contributed by atoms with Crippen molar-refractivity contribution in [2.24, 2.45) is 0 Å². The van der Waals surface area contributed by atoms with Crippen LogP contribution in [0.5, 0.6) is 0 Å². The molecule has 0 saturated carbocycles. The van der Waals surface area contributed by atoms with Gasteiger partial charge < -0.3 is 15.4 Å². The van der Waals surface area contributed by atoms with Gasteiger partial charge in [-0.25, -0.2) is 0 Å². The van der Waals surface area contributed by atoms with E-state index in [0.29, 0.717) is 22.7 Å². The summed E-state index contributed by atoms with van der Waals surface area (Å²) in [6, 6.07) is 12.4. The molecule has 0 spiro atoms. The number of nitrogens with one attached hydrogen (secondary N) is 2. The molecule has 0 fully saturated rings. The first-order valence-electron chi connectivity index (χ1n) is 8.60. The van der Waals surface area contributed by atoms with E-state index in [4.69, 9.17) is 4.74 Å². The average Bonchev–Trinajstić information content (AvgIpc) is 2.71. The third-order valence-electron chi connectivity index (χ3n) is 3.52. The van der Waals surface area contributed by atoms with Crippen molar-refractivity contribution in [3.05, 3.63) is 64.2 Å². The van der Waals surface area contributed by atoms with E-state index in [1.54, 1.807) is 31.2 Å². The Morgan fingerprint density at radius 2 is 1.90 bits per heavy atom. The van der Waals surface area contributed by atoms with Crippen LogP contribution >= 0.6 is 11.8 Å². The number of rotatable bonds is 9. The number of nitro benzene ring substituents is 1. The van der Waals surface area contributed by atoms with Gasteiger partial charge >= 0.3 is 5.97 Å². The van der Waals surface area contributed by atoms with Crippen LogP contribution in [0, 0.1) is 10.1 Å². The zero-order valence-corrected chi connectivity index (χ0v) is 16.4. The Kier molecular flexibility index (Phi) is 8.16. The number of hydrogen-bond acceptors (Lipinski definition) is 7. The second-order valence-electron chi connectivity index (χ2n) is 5.66. The molecular weight excluding hydrogens is 398 g/mol. The molecule has 2 aromatic rings. The lowest BCUT2D eigenvalue weighted by atomic mass is 10.2. The van der Waals surface area contributed by atoms with E-state index in [2.05, 4.69) is 10.6 Å². The summed E-state index contributed by atoms with van der Waals surface area (Å²) in [4.78, 5) is 46.4. The largest absolute Gasteiger partial charge is 0.455 e. The van der Waals surface area contributed by atoms with Gasteiger partial charge in [-0.05, 0) is 31.2 Å². The topological polar surface area (TPSA) is 128 Å². The fourth-order valence-electron chi connectivity index (χ4n) is 2.25. The van der Waals surface area contributed by atoms with Crippen LogP contribution in [0.2, 0.25) is 0 Å². The van der Waals surface area contributed by atoms with Crippen LogP contribution in [0.15, 0.2) is 53.4 Å². The molecule has 0 aliphatic carbocycles. The second kappa shape index (κ2) is 10.8. The molecule has 0 atom stereocenters. The Bertz CT molecular complexity index is 918. The molecule has 0 aromatic heterocycles. The fraction of sp³-hybridized carbons (Fsp3) is 0.211. The van der Waals surface area contributed by atoms with Crippen molar-refractivity contribution >= 4 is 40.9 Å². The molecule has 9 nitrogen and oxygen atoms in total. The Balaban J connectivity index is 1.82. The molecule has 0 radical (unpaired) electrons. The highest BCUT2D eigenvalue weighted by atomic mass is 32.2. The Labute approximate surface area is 171 Å². The highest BCUT2D eigenvalue weighted by Gasteiger charge is 2.15. The Morgan fingerprint density at radius 3 is 2.62 bits per heavy atom. The summed E-state index contributed by atoms with van der Waals surface area (Å²) in [5.74, 6) is -1.69. The second-order valence-corrected chi connectivity index (χ2v) is 6.68. The van der Waals surface area contributed by atoms with E-state index < -0.39 is 23.4 Å². The molecular formula is C19H19N3O6S. The SMILES string of the molecule is CCNC(=O)c1cccc(NC(=O)COC(=O)CSc2ccccc2[N+](=O)[O-])c1. The number of anilines is 1. The minimum Gasteiger partial charge on any atom is -0.455 e. The van der Waals surface area contributed by atoms with Gasteiger partial charge in [0.05, 0.1) is 15.6 Å². The quantitative estimate of drug-likeness (QED) is 0.278. The zero-order valence-electron chi connectivity index (χ0n) is 15.5. The van der Waals surface area contributed by atoms with Gasteiger partial charge in [-0.1, -0.05) is 18.2 Å². The molecule has 0 bridgehead atoms. The summed E-state index contributed by atoms with van der Waals surface area (Å²) in [5, 5.41) is 16.2. The van der Waals surface area contributed by atoms with Gasteiger partial charge in [-0.3, -0.25) is 24.5 Å². The molecule has 0 unspecified atom stereocenters. The van der Waals surface area contributed by atoms with Crippen molar-refractivity contribution in [2.75, 3.05) is 24.2 Å². The Morgan fingerprint density at radius 1 is 1.14 bits per heavy atom. The molecule has 0 aliphatic rings. The molecule has 0 aliphatic heterocycles. The van der Waals surface area contributed by atoms with E-state index in [-0.39, 0.29) is 17.3 Å². The maximum Gasteiger partial charge on any atom is 0.316 e. The lowest BCUT2D eigenvalue weighted by Crippen LogP contribution is -2.24. The van der Waals surface area contributed by atoms with Crippen LogP contribution in [0.3, 0.4) is 0 Å². The lowest BCUT2D eigenvalue weighted by molar-refractivity contribution is -0.387. The normalized spacial score (nSPS) is 10.1. The summed E-state index contributed by atoms with van der Waals surface area (Å²) in [7, 11) is 0. The average molecular weight is 417 g/mol. The third-order valence-corrected chi connectivity index (χ3v) is 4.55. The number of benzene rings is 2. The third kappa shape index (κ3) is 6.92. The molecule has 2 N–H and O–H groups in total. The highest BCUT2D eigenvalue weighted by molar-refractivity contribution is 8.00. The minimum absolute atomic E-state index is 0.102. The van der Waals surface area contributed by atoms with Gasteiger partial charge in [0.1, 0.15) is 0 Å². The smallest absolute Gasteiger partial charge is 0.316 e. The summed E-state index contributed by atoms with van der Waals surface area (Å²) in [6.07, 6.45) is 0. The highest BCUT2D eigenvalue weighted by Crippen LogP contribution is 2.28. The predicted octanol–water partition coefficient (Wildman–Crippen LogP) is 2.62. The number of amides is 2. The molecule has 10 heteroatoms. The van der Waals surface area contributed by atoms with Gasteiger partial charge in [0, 0.05) is 23.9 Å². The van der Waals surface area contributed by atoms with Crippen LogP contribution in [0.1, 0.15) is 17.3 Å². The van der Waals surface area contributed by atoms with E-state index in [1.165, 1.54) is 24.3 Å². The van der Waals surface area contributed by atoms with Crippen LogP contribution in [-0.2, 0) is 14.3 Å². The van der Waals surface area contributed by atoms with Crippen molar-refractivity contribution in [1.82, 2.24) is 5.32 Å². The summed E-state index contributed by atoms with van der Waals surface area (Å²) >= 11 is 0.957. The number of nitrogens with zero attached hydrogens (tertiary/aromatic N) is 1.